The summed E-state index contributed by atoms with van der Waals surface area (Å²) in [6.07, 6.45) is 2.73. The van der Waals surface area contributed by atoms with Crippen LogP contribution in [0.5, 0.6) is 0 Å². The smallest absolute Gasteiger partial charge is 0.226 e. The summed E-state index contributed by atoms with van der Waals surface area (Å²) < 4.78 is 4.73. The van der Waals surface area contributed by atoms with E-state index in [4.69, 9.17) is 4.52 Å². The lowest BCUT2D eigenvalue weighted by Crippen LogP contribution is -2.33. The first-order valence-electron chi connectivity index (χ1n) is 7.35. The minimum Gasteiger partial charge on any atom is -0.364 e. The van der Waals surface area contributed by atoms with Gasteiger partial charge in [-0.15, -0.1) is 0 Å². The number of carbonyl (C=O) groups is 1. The Labute approximate surface area is 125 Å². The van der Waals surface area contributed by atoms with Crippen LogP contribution in [0.15, 0.2) is 47.2 Å². The molecule has 4 nitrogen and oxygen atoms in total. The molecular weight excluding hydrogens is 264 g/mol. The highest BCUT2D eigenvalue weighted by molar-refractivity contribution is 5.77. The van der Waals surface area contributed by atoms with E-state index < -0.39 is 0 Å². The van der Waals surface area contributed by atoms with Gasteiger partial charge in [0.1, 0.15) is 6.26 Å². The zero-order chi connectivity index (χ0) is 15.1. The van der Waals surface area contributed by atoms with E-state index in [9.17, 15) is 4.79 Å². The lowest BCUT2D eigenvalue weighted by atomic mass is 9.89. The third-order valence-corrected chi connectivity index (χ3v) is 3.68. The molecule has 0 aliphatic rings. The summed E-state index contributed by atoms with van der Waals surface area (Å²) in [4.78, 5) is 11.9. The van der Waals surface area contributed by atoms with Gasteiger partial charge in [0, 0.05) is 12.6 Å². The van der Waals surface area contributed by atoms with Gasteiger partial charge < -0.3 is 9.84 Å². The lowest BCUT2D eigenvalue weighted by Gasteiger charge is -2.21. The van der Waals surface area contributed by atoms with Gasteiger partial charge in [0.25, 0.3) is 0 Å². The molecule has 0 saturated carbocycles. The standard InChI is InChI=1S/C17H22N2O2/c1-13(2)15(10-14-6-4-3-5-7-14)12-18-17(20)11-16-8-9-21-19-16/h3-9,13,15H,10-12H2,1-2H3,(H,18,20). The molecule has 2 aromatic rings. The number of rotatable bonds is 7. The topological polar surface area (TPSA) is 55.1 Å². The first-order chi connectivity index (χ1) is 10.1. The van der Waals surface area contributed by atoms with Crippen LogP contribution in [-0.2, 0) is 17.6 Å². The third-order valence-electron chi connectivity index (χ3n) is 3.68. The number of nitrogens with zero attached hydrogens (tertiary/aromatic N) is 1. The van der Waals surface area contributed by atoms with Gasteiger partial charge in [-0.1, -0.05) is 49.3 Å². The van der Waals surface area contributed by atoms with Crippen LogP contribution in [0, 0.1) is 11.8 Å². The predicted molar refractivity (Wildman–Crippen MR) is 81.7 cm³/mol. The molecule has 0 radical (unpaired) electrons. The Kier molecular flexibility index (Phi) is 5.55. The van der Waals surface area contributed by atoms with Gasteiger partial charge in [-0.3, -0.25) is 4.79 Å². The quantitative estimate of drug-likeness (QED) is 0.851. The van der Waals surface area contributed by atoms with Crippen molar-refractivity contribution in [2.24, 2.45) is 11.8 Å². The summed E-state index contributed by atoms with van der Waals surface area (Å²) in [7, 11) is 0. The van der Waals surface area contributed by atoms with Crippen molar-refractivity contribution in [3.8, 4) is 0 Å². The summed E-state index contributed by atoms with van der Waals surface area (Å²) in [6, 6.07) is 12.1. The van der Waals surface area contributed by atoms with Crippen molar-refractivity contribution in [1.82, 2.24) is 10.5 Å². The Morgan fingerprint density at radius 3 is 2.62 bits per heavy atom. The molecule has 0 aliphatic heterocycles. The monoisotopic (exact) mass is 286 g/mol. The minimum atomic E-state index is -0.0115. The highest BCUT2D eigenvalue weighted by Crippen LogP contribution is 2.16. The number of nitrogens with one attached hydrogen (secondary N) is 1. The van der Waals surface area contributed by atoms with E-state index >= 15 is 0 Å². The van der Waals surface area contributed by atoms with Gasteiger partial charge in [-0.05, 0) is 23.8 Å². The molecule has 0 fully saturated rings. The van der Waals surface area contributed by atoms with Crippen LogP contribution in [0.3, 0.4) is 0 Å². The van der Waals surface area contributed by atoms with Gasteiger partial charge >= 0.3 is 0 Å². The molecule has 0 bridgehead atoms. The number of hydrogen-bond acceptors (Lipinski definition) is 3. The Morgan fingerprint density at radius 1 is 1.24 bits per heavy atom. The fraction of sp³-hybridized carbons (Fsp3) is 0.412. The predicted octanol–water partition coefficient (Wildman–Crippen LogP) is 2.85. The van der Waals surface area contributed by atoms with E-state index in [1.807, 2.05) is 6.07 Å². The van der Waals surface area contributed by atoms with Crippen LogP contribution in [0.1, 0.15) is 25.1 Å². The van der Waals surface area contributed by atoms with E-state index in [2.05, 4.69) is 48.6 Å². The maximum absolute atomic E-state index is 11.9. The van der Waals surface area contributed by atoms with Crippen molar-refractivity contribution in [3.05, 3.63) is 53.9 Å². The molecule has 1 aromatic heterocycles. The van der Waals surface area contributed by atoms with Gasteiger partial charge in [0.05, 0.1) is 12.1 Å². The molecule has 1 unspecified atom stereocenters. The summed E-state index contributed by atoms with van der Waals surface area (Å²) in [5.41, 5.74) is 1.97. The maximum Gasteiger partial charge on any atom is 0.226 e. The first-order valence-corrected chi connectivity index (χ1v) is 7.35. The molecule has 0 aliphatic carbocycles. The van der Waals surface area contributed by atoms with Crippen molar-refractivity contribution in [2.45, 2.75) is 26.7 Å². The molecule has 0 saturated heterocycles. The molecule has 1 aromatic carbocycles. The average Bonchev–Trinajstić information content (AvgIpc) is 2.97. The number of benzene rings is 1. The van der Waals surface area contributed by atoms with E-state index in [-0.39, 0.29) is 12.3 Å². The molecule has 112 valence electrons. The van der Waals surface area contributed by atoms with Crippen LogP contribution in [0.25, 0.3) is 0 Å². The Bertz CT molecular complexity index is 535. The molecule has 1 heterocycles. The number of aromatic nitrogens is 1. The number of hydrogen-bond donors (Lipinski definition) is 1. The van der Waals surface area contributed by atoms with Crippen molar-refractivity contribution in [1.29, 1.82) is 0 Å². The lowest BCUT2D eigenvalue weighted by molar-refractivity contribution is -0.120. The zero-order valence-electron chi connectivity index (χ0n) is 12.6. The normalized spacial score (nSPS) is 12.3. The highest BCUT2D eigenvalue weighted by Gasteiger charge is 2.15. The van der Waals surface area contributed by atoms with Crippen molar-refractivity contribution in [3.63, 3.8) is 0 Å². The number of carbonyl (C=O) groups excluding carboxylic acids is 1. The second-order valence-electron chi connectivity index (χ2n) is 5.67. The molecule has 21 heavy (non-hydrogen) atoms. The summed E-state index contributed by atoms with van der Waals surface area (Å²) in [5, 5.41) is 6.75. The van der Waals surface area contributed by atoms with Crippen LogP contribution in [0.4, 0.5) is 0 Å². The third kappa shape index (κ3) is 5.06. The summed E-state index contributed by atoms with van der Waals surface area (Å²) in [5.74, 6) is 0.925. The van der Waals surface area contributed by atoms with Crippen LogP contribution in [0.2, 0.25) is 0 Å². The Balaban J connectivity index is 1.84. The van der Waals surface area contributed by atoms with Gasteiger partial charge in [0.2, 0.25) is 5.91 Å². The molecule has 2 rings (SSSR count). The molecule has 4 heteroatoms. The largest absolute Gasteiger partial charge is 0.364 e. The highest BCUT2D eigenvalue weighted by atomic mass is 16.5. The Morgan fingerprint density at radius 2 is 2.00 bits per heavy atom. The van der Waals surface area contributed by atoms with Crippen molar-refractivity contribution >= 4 is 5.91 Å². The molecule has 1 N–H and O–H groups in total. The first kappa shape index (κ1) is 15.3. The van der Waals surface area contributed by atoms with Crippen LogP contribution < -0.4 is 5.32 Å². The van der Waals surface area contributed by atoms with E-state index in [0.29, 0.717) is 24.1 Å². The second kappa shape index (κ2) is 7.62. The van der Waals surface area contributed by atoms with E-state index in [0.717, 1.165) is 6.42 Å². The van der Waals surface area contributed by atoms with Gasteiger partial charge in [-0.2, -0.15) is 0 Å². The molecular formula is C17H22N2O2. The zero-order valence-corrected chi connectivity index (χ0v) is 12.6. The van der Waals surface area contributed by atoms with Gasteiger partial charge in [0.15, 0.2) is 0 Å². The van der Waals surface area contributed by atoms with Crippen LogP contribution in [-0.4, -0.2) is 17.6 Å². The van der Waals surface area contributed by atoms with E-state index in [1.165, 1.54) is 11.8 Å². The van der Waals surface area contributed by atoms with E-state index in [1.54, 1.807) is 6.07 Å². The fourth-order valence-corrected chi connectivity index (χ4v) is 2.26. The minimum absolute atomic E-state index is 0.0115. The summed E-state index contributed by atoms with van der Waals surface area (Å²) >= 11 is 0. The summed E-state index contributed by atoms with van der Waals surface area (Å²) in [6.45, 7) is 5.07. The van der Waals surface area contributed by atoms with Gasteiger partial charge in [-0.25, -0.2) is 0 Å². The number of amides is 1. The molecule has 1 atom stereocenters. The second-order valence-corrected chi connectivity index (χ2v) is 5.67. The SMILES string of the molecule is CC(C)C(CNC(=O)Cc1ccon1)Cc1ccccc1. The van der Waals surface area contributed by atoms with Crippen molar-refractivity contribution in [2.75, 3.05) is 6.54 Å². The maximum atomic E-state index is 11.9. The van der Waals surface area contributed by atoms with Crippen molar-refractivity contribution < 1.29 is 9.32 Å². The average molecular weight is 286 g/mol. The fourth-order valence-electron chi connectivity index (χ4n) is 2.26. The van der Waals surface area contributed by atoms with Crippen LogP contribution >= 0.6 is 0 Å². The molecule has 0 spiro atoms. The molecule has 1 amide bonds. The Hall–Kier alpha value is -2.10.